The van der Waals surface area contributed by atoms with Gasteiger partial charge in [0.1, 0.15) is 29.6 Å². The van der Waals surface area contributed by atoms with Crippen molar-refractivity contribution in [2.24, 2.45) is 17.3 Å². The van der Waals surface area contributed by atoms with Gasteiger partial charge in [-0.3, -0.25) is 38.5 Å². The summed E-state index contributed by atoms with van der Waals surface area (Å²) in [5.41, 5.74) is -0.408. The van der Waals surface area contributed by atoms with E-state index in [4.69, 9.17) is 4.74 Å². The van der Waals surface area contributed by atoms with E-state index in [-0.39, 0.29) is 36.9 Å². The molecule has 7 amide bonds. The van der Waals surface area contributed by atoms with E-state index in [1.165, 1.54) is 42.5 Å². The Balaban J connectivity index is 1.37. The highest BCUT2D eigenvalue weighted by Crippen LogP contribution is 2.29. The van der Waals surface area contributed by atoms with Crippen LogP contribution in [0.5, 0.6) is 5.75 Å². The summed E-state index contributed by atoms with van der Waals surface area (Å²) >= 11 is 0. The van der Waals surface area contributed by atoms with Crippen LogP contribution in [0.4, 0.5) is 4.79 Å². The highest BCUT2D eigenvalue weighted by atomic mass is 16.6. The Morgan fingerprint density at radius 3 is 2.08 bits per heavy atom. The van der Waals surface area contributed by atoms with Crippen molar-refractivity contribution in [2.75, 3.05) is 27.2 Å². The number of carbonyl (C=O) groups is 8. The van der Waals surface area contributed by atoms with Crippen LogP contribution in [0.15, 0.2) is 79.3 Å². The fraction of sp³-hybridized carbons (Fsp3) is 0.489. The third kappa shape index (κ3) is 13.4. The summed E-state index contributed by atoms with van der Waals surface area (Å²) < 4.78 is 5.59. The maximum absolute atomic E-state index is 14.5. The van der Waals surface area contributed by atoms with E-state index in [0.717, 1.165) is 19.3 Å². The van der Waals surface area contributed by atoms with Gasteiger partial charge >= 0.3 is 6.09 Å². The van der Waals surface area contributed by atoms with Crippen molar-refractivity contribution in [3.05, 3.63) is 90.5 Å². The third-order valence-corrected chi connectivity index (χ3v) is 11.6. The van der Waals surface area contributed by atoms with E-state index >= 15 is 0 Å². The fourth-order valence-electron chi connectivity index (χ4n) is 8.08. The third-order valence-electron chi connectivity index (χ3n) is 11.6. The van der Waals surface area contributed by atoms with Crippen LogP contribution in [-0.2, 0) is 28.8 Å². The zero-order chi connectivity index (χ0) is 47.3. The Hall–Kier alpha value is -6.72. The number of nitrogens with zero attached hydrogens (tertiary/aromatic N) is 4. The predicted octanol–water partition coefficient (Wildman–Crippen LogP) is 3.10. The molecule has 1 saturated carbocycles. The number of likely N-dealkylation sites (N-methyl/N-ethyl adjacent to an activating group) is 1. The number of rotatable bonds is 17. The summed E-state index contributed by atoms with van der Waals surface area (Å²) in [4.78, 5) is 121. The molecule has 1 saturated heterocycles. The van der Waals surface area contributed by atoms with Crippen molar-refractivity contribution in [3.63, 3.8) is 0 Å². The van der Waals surface area contributed by atoms with Gasteiger partial charge in [-0.05, 0) is 48.3 Å². The number of carbonyl (C=O) groups excluding carboxylic acids is 8. The molecule has 6 atom stereocenters. The number of likely N-dealkylation sites (tertiary alicyclic amines) is 1. The normalized spacial score (nSPS) is 18.2. The van der Waals surface area contributed by atoms with Crippen molar-refractivity contribution in [2.45, 2.75) is 103 Å². The van der Waals surface area contributed by atoms with Gasteiger partial charge in [-0.1, -0.05) is 102 Å². The SMILES string of the molecule is CCC[C@H](NC(=O)[C@@H]1CN(C(=O)Oc2ccccc2)C[C@@H]1NC(=O)[C@@H](NC(=O)[C@@H](NC(=O)c1cnccn1)C1CCCCC1)C(C)(C)C)C(=O)C(=O)N[C@@H](C(=O)N(C)C)c1ccccc1. The zero-order valence-corrected chi connectivity index (χ0v) is 37.9. The Morgan fingerprint density at radius 2 is 1.48 bits per heavy atom. The molecule has 5 N–H and O–H groups in total. The fourth-order valence-corrected chi connectivity index (χ4v) is 8.08. The maximum atomic E-state index is 14.5. The number of nitrogens with one attached hydrogen (secondary N) is 5. The lowest BCUT2D eigenvalue weighted by atomic mass is 9.82. The number of benzene rings is 2. The number of ether oxygens (including phenoxy) is 1. The molecule has 348 valence electrons. The van der Waals surface area contributed by atoms with Gasteiger partial charge in [-0.15, -0.1) is 0 Å². The minimum atomic E-state index is -1.32. The van der Waals surface area contributed by atoms with E-state index in [9.17, 15) is 38.4 Å². The molecule has 1 aliphatic heterocycles. The Morgan fingerprint density at radius 1 is 0.815 bits per heavy atom. The molecule has 0 bridgehead atoms. The van der Waals surface area contributed by atoms with Crippen LogP contribution in [0.3, 0.4) is 0 Å². The number of aromatic nitrogens is 2. The van der Waals surface area contributed by atoms with Crippen LogP contribution < -0.4 is 31.3 Å². The largest absolute Gasteiger partial charge is 0.415 e. The molecule has 2 aliphatic rings. The second kappa shape index (κ2) is 22.8. The first-order chi connectivity index (χ1) is 31.0. The molecule has 18 nitrogen and oxygen atoms in total. The molecule has 1 aliphatic carbocycles. The quantitative estimate of drug-likeness (QED) is 0.124. The molecular weight excluding hydrogens is 835 g/mol. The second-order valence-corrected chi connectivity index (χ2v) is 17.8. The van der Waals surface area contributed by atoms with Gasteiger partial charge in [0.25, 0.3) is 11.8 Å². The van der Waals surface area contributed by atoms with Crippen LogP contribution in [0, 0.1) is 17.3 Å². The molecule has 0 spiro atoms. The first kappa shape index (κ1) is 49.3. The molecule has 65 heavy (non-hydrogen) atoms. The van der Waals surface area contributed by atoms with Crippen molar-refractivity contribution >= 4 is 47.3 Å². The van der Waals surface area contributed by atoms with Crippen LogP contribution in [-0.4, -0.2) is 118 Å². The highest BCUT2D eigenvalue weighted by molar-refractivity contribution is 6.38. The number of hydrogen-bond acceptors (Lipinski definition) is 11. The number of amides is 7. The van der Waals surface area contributed by atoms with Crippen LogP contribution in [0.2, 0.25) is 0 Å². The van der Waals surface area contributed by atoms with E-state index in [2.05, 4.69) is 36.6 Å². The lowest BCUT2D eigenvalue weighted by molar-refractivity contribution is -0.143. The summed E-state index contributed by atoms with van der Waals surface area (Å²) in [5.74, 6) is -6.19. The Bertz CT molecular complexity index is 2150. The number of para-hydroxylation sites is 1. The minimum absolute atomic E-state index is 0.0337. The molecule has 1 aromatic heterocycles. The number of Topliss-reactive ketones (excluding diaryl/α,β-unsaturated/α-hetero) is 1. The lowest BCUT2D eigenvalue weighted by Crippen LogP contribution is -2.61. The first-order valence-corrected chi connectivity index (χ1v) is 22.1. The van der Waals surface area contributed by atoms with Gasteiger partial charge < -0.3 is 41.1 Å². The summed E-state index contributed by atoms with van der Waals surface area (Å²) in [6, 6.07) is 11.0. The summed E-state index contributed by atoms with van der Waals surface area (Å²) in [6.07, 6.45) is 7.86. The van der Waals surface area contributed by atoms with Gasteiger partial charge in [0, 0.05) is 39.6 Å². The van der Waals surface area contributed by atoms with Gasteiger partial charge in [0.05, 0.1) is 24.2 Å². The minimum Gasteiger partial charge on any atom is -0.410 e. The van der Waals surface area contributed by atoms with Crippen molar-refractivity contribution in [3.8, 4) is 5.75 Å². The molecule has 2 aromatic carbocycles. The Kier molecular flexibility index (Phi) is 17.3. The Labute approximate surface area is 379 Å². The number of hydrogen-bond donors (Lipinski definition) is 5. The monoisotopic (exact) mass is 895 g/mol. The molecule has 2 heterocycles. The molecular formula is C47H61N9O9. The topological polar surface area (TPSA) is 238 Å². The molecule has 18 heteroatoms. The van der Waals surface area contributed by atoms with E-state index in [1.54, 1.807) is 88.4 Å². The van der Waals surface area contributed by atoms with Crippen molar-refractivity contribution in [1.29, 1.82) is 0 Å². The predicted molar refractivity (Wildman–Crippen MR) is 239 cm³/mol. The molecule has 3 aromatic rings. The van der Waals surface area contributed by atoms with Gasteiger partial charge in [-0.25, -0.2) is 9.78 Å². The molecule has 5 rings (SSSR count). The van der Waals surface area contributed by atoms with Crippen LogP contribution in [0.25, 0.3) is 0 Å². The van der Waals surface area contributed by atoms with E-state index in [0.29, 0.717) is 24.8 Å². The number of ketones is 1. The first-order valence-electron chi connectivity index (χ1n) is 22.1. The summed E-state index contributed by atoms with van der Waals surface area (Å²) in [6.45, 7) is 6.63. The smallest absolute Gasteiger partial charge is 0.410 e. The average molecular weight is 896 g/mol. The van der Waals surface area contributed by atoms with E-state index in [1.807, 2.05) is 0 Å². The summed E-state index contributed by atoms with van der Waals surface area (Å²) in [5, 5.41) is 13.9. The molecule has 0 unspecified atom stereocenters. The summed E-state index contributed by atoms with van der Waals surface area (Å²) in [7, 11) is 3.05. The lowest BCUT2D eigenvalue weighted by Gasteiger charge is -2.35. The van der Waals surface area contributed by atoms with Crippen molar-refractivity contribution in [1.82, 2.24) is 46.4 Å². The van der Waals surface area contributed by atoms with E-state index < -0.39 is 88.9 Å². The van der Waals surface area contributed by atoms with Gasteiger partial charge in [0.2, 0.25) is 29.4 Å². The van der Waals surface area contributed by atoms with Gasteiger partial charge in [0.15, 0.2) is 0 Å². The molecule has 2 fully saturated rings. The average Bonchev–Trinajstić information content (AvgIpc) is 3.73. The highest BCUT2D eigenvalue weighted by Gasteiger charge is 2.45. The van der Waals surface area contributed by atoms with Gasteiger partial charge in [-0.2, -0.15) is 0 Å². The second-order valence-electron chi connectivity index (χ2n) is 17.8. The van der Waals surface area contributed by atoms with Crippen LogP contribution >= 0.6 is 0 Å². The maximum Gasteiger partial charge on any atom is 0.415 e. The van der Waals surface area contributed by atoms with Crippen LogP contribution in [0.1, 0.15) is 94.7 Å². The van der Waals surface area contributed by atoms with Crippen molar-refractivity contribution < 1.29 is 43.1 Å². The molecule has 0 radical (unpaired) electrons. The zero-order valence-electron chi connectivity index (χ0n) is 37.9. The standard InChI is InChI=1S/C47H61N9O9/c1-7-17-33(38(57)43(61)53-37(45(63)55(5)6)30-20-13-9-14-21-30)50-40(58)32-27-56(46(64)65-31-22-15-10-16-23-31)28-35(32)51-44(62)39(47(2,3)4)54-42(60)36(29-18-11-8-12-19-29)52-41(59)34-26-48-24-25-49-34/h9-10,13-16,20-26,29,32-33,35-37,39H,7-8,11-12,17-19,27-28H2,1-6H3,(H,50,58)(H,51,62)(H,52,59)(H,53,61)(H,54,60)/t32-,33+,35+,36+,37-,39-/m1/s1.